The van der Waals surface area contributed by atoms with E-state index >= 15 is 0 Å². The Labute approximate surface area is 121 Å². The van der Waals surface area contributed by atoms with E-state index in [1.54, 1.807) is 0 Å². The molecule has 0 aliphatic carbocycles. The second-order valence-electron chi connectivity index (χ2n) is 5.39. The lowest BCUT2D eigenvalue weighted by Crippen LogP contribution is -2.34. The summed E-state index contributed by atoms with van der Waals surface area (Å²) in [4.78, 5) is 8.58. The van der Waals surface area contributed by atoms with E-state index in [1.165, 1.54) is 55.1 Å². The number of hydrogen-bond acceptors (Lipinski definition) is 4. The molecule has 0 aromatic carbocycles. The molecule has 1 aliphatic heterocycles. The van der Waals surface area contributed by atoms with Crippen molar-refractivity contribution in [1.82, 2.24) is 10.3 Å². The molecule has 108 valence electrons. The van der Waals surface area contributed by atoms with Crippen LogP contribution in [0.15, 0.2) is 6.20 Å². The predicted octanol–water partition coefficient (Wildman–Crippen LogP) is 3.80. The molecule has 19 heavy (non-hydrogen) atoms. The molecule has 1 unspecified atom stereocenters. The lowest BCUT2D eigenvalue weighted by atomic mass is 10.1. The van der Waals surface area contributed by atoms with Gasteiger partial charge in [0.15, 0.2) is 5.13 Å². The Bertz CT molecular complexity index is 364. The first-order valence-electron chi connectivity index (χ1n) is 7.77. The number of rotatable bonds is 6. The van der Waals surface area contributed by atoms with Crippen molar-refractivity contribution in [2.24, 2.45) is 0 Å². The zero-order valence-electron chi connectivity index (χ0n) is 12.3. The van der Waals surface area contributed by atoms with Crippen molar-refractivity contribution in [3.8, 4) is 0 Å². The smallest absolute Gasteiger partial charge is 0.185 e. The van der Waals surface area contributed by atoms with E-state index in [2.05, 4.69) is 35.2 Å². The molecule has 2 heterocycles. The third-order valence-electron chi connectivity index (χ3n) is 3.86. The first kappa shape index (κ1) is 14.8. The molecule has 0 bridgehead atoms. The monoisotopic (exact) mass is 281 g/mol. The summed E-state index contributed by atoms with van der Waals surface area (Å²) >= 11 is 1.87. The van der Waals surface area contributed by atoms with Gasteiger partial charge in [-0.1, -0.05) is 26.7 Å². The van der Waals surface area contributed by atoms with Crippen molar-refractivity contribution in [3.05, 3.63) is 11.1 Å². The Kier molecular flexibility index (Phi) is 6.11. The normalized spacial score (nSPS) is 20.5. The minimum Gasteiger partial charge on any atom is -0.345 e. The van der Waals surface area contributed by atoms with Gasteiger partial charge in [-0.3, -0.25) is 0 Å². The summed E-state index contributed by atoms with van der Waals surface area (Å²) in [6, 6.07) is 0.699. The van der Waals surface area contributed by atoms with Gasteiger partial charge in [0.25, 0.3) is 0 Å². The fourth-order valence-electron chi connectivity index (χ4n) is 2.75. The Morgan fingerprint density at radius 3 is 3.05 bits per heavy atom. The van der Waals surface area contributed by atoms with E-state index in [0.717, 1.165) is 13.1 Å². The number of nitrogens with zero attached hydrogens (tertiary/aromatic N) is 2. The minimum absolute atomic E-state index is 0.699. The van der Waals surface area contributed by atoms with Crippen molar-refractivity contribution in [3.63, 3.8) is 0 Å². The molecular formula is C15H27N3S. The molecule has 0 saturated carbocycles. The molecule has 0 radical (unpaired) electrons. The Balaban J connectivity index is 1.98. The van der Waals surface area contributed by atoms with Crippen LogP contribution >= 0.6 is 11.3 Å². The molecule has 1 aliphatic rings. The Hall–Kier alpha value is -0.610. The molecule has 1 atom stereocenters. The van der Waals surface area contributed by atoms with Crippen molar-refractivity contribution in [2.75, 3.05) is 18.0 Å². The van der Waals surface area contributed by atoms with Gasteiger partial charge >= 0.3 is 0 Å². The van der Waals surface area contributed by atoms with E-state index < -0.39 is 0 Å². The van der Waals surface area contributed by atoms with E-state index in [9.17, 15) is 0 Å². The summed E-state index contributed by atoms with van der Waals surface area (Å²) in [5, 5.41) is 4.70. The average molecular weight is 281 g/mol. The van der Waals surface area contributed by atoms with Crippen LogP contribution in [0, 0.1) is 0 Å². The van der Waals surface area contributed by atoms with Gasteiger partial charge in [-0.15, -0.1) is 11.3 Å². The highest BCUT2D eigenvalue weighted by molar-refractivity contribution is 7.15. The molecule has 4 heteroatoms. The van der Waals surface area contributed by atoms with Crippen LogP contribution in [-0.2, 0) is 6.54 Å². The Morgan fingerprint density at radius 1 is 1.37 bits per heavy atom. The number of thiazole rings is 1. The van der Waals surface area contributed by atoms with Crippen LogP contribution in [0.3, 0.4) is 0 Å². The van der Waals surface area contributed by atoms with E-state index in [4.69, 9.17) is 0 Å². The first-order valence-corrected chi connectivity index (χ1v) is 8.58. The number of nitrogens with one attached hydrogen (secondary N) is 1. The molecule has 3 nitrogen and oxygen atoms in total. The lowest BCUT2D eigenvalue weighted by molar-refractivity contribution is 0.555. The highest BCUT2D eigenvalue weighted by Crippen LogP contribution is 2.29. The number of aromatic nitrogens is 1. The van der Waals surface area contributed by atoms with Crippen molar-refractivity contribution in [2.45, 2.75) is 65.0 Å². The van der Waals surface area contributed by atoms with E-state index in [0.29, 0.717) is 6.04 Å². The second-order valence-corrected chi connectivity index (χ2v) is 6.48. The number of anilines is 1. The van der Waals surface area contributed by atoms with E-state index in [1.807, 2.05) is 11.3 Å². The minimum atomic E-state index is 0.699. The highest BCUT2D eigenvalue weighted by atomic mass is 32.1. The zero-order chi connectivity index (χ0) is 13.5. The lowest BCUT2D eigenvalue weighted by Gasteiger charge is -2.28. The summed E-state index contributed by atoms with van der Waals surface area (Å²) in [6.45, 7) is 7.76. The van der Waals surface area contributed by atoms with Crippen LogP contribution in [0.25, 0.3) is 0 Å². The molecule has 1 aromatic rings. The van der Waals surface area contributed by atoms with Gasteiger partial charge in [0, 0.05) is 30.2 Å². The topological polar surface area (TPSA) is 28.2 Å². The third-order valence-corrected chi connectivity index (χ3v) is 4.90. The van der Waals surface area contributed by atoms with Crippen LogP contribution in [-0.4, -0.2) is 24.1 Å². The van der Waals surface area contributed by atoms with Crippen LogP contribution < -0.4 is 10.2 Å². The molecule has 0 amide bonds. The largest absolute Gasteiger partial charge is 0.345 e. The molecule has 1 fully saturated rings. The average Bonchev–Trinajstić information content (AvgIpc) is 2.76. The standard InChI is InChI=1S/C15H27N3S/c1-3-9-16-11-14-12-17-15(19-14)18-10-7-5-6-8-13(18)4-2/h12-13,16H,3-11H2,1-2H3. The quantitative estimate of drug-likeness (QED) is 0.804. The molecule has 1 saturated heterocycles. The molecule has 0 spiro atoms. The van der Waals surface area contributed by atoms with Gasteiger partial charge in [0.1, 0.15) is 0 Å². The van der Waals surface area contributed by atoms with Gasteiger partial charge in [-0.25, -0.2) is 4.98 Å². The molecular weight excluding hydrogens is 254 g/mol. The second kappa shape index (κ2) is 7.85. The van der Waals surface area contributed by atoms with E-state index in [-0.39, 0.29) is 0 Å². The van der Waals surface area contributed by atoms with Crippen LogP contribution in [0.4, 0.5) is 5.13 Å². The molecule has 1 aromatic heterocycles. The van der Waals surface area contributed by atoms with Gasteiger partial charge < -0.3 is 10.2 Å². The summed E-state index contributed by atoms with van der Waals surface area (Å²) in [6.07, 6.45) is 9.90. The van der Waals surface area contributed by atoms with Crippen LogP contribution in [0.1, 0.15) is 57.2 Å². The van der Waals surface area contributed by atoms with Gasteiger partial charge in [-0.2, -0.15) is 0 Å². The van der Waals surface area contributed by atoms with Crippen LogP contribution in [0.5, 0.6) is 0 Å². The summed E-state index contributed by atoms with van der Waals surface area (Å²) in [5.41, 5.74) is 0. The molecule has 2 rings (SSSR count). The molecule has 1 N–H and O–H groups in total. The maximum atomic E-state index is 4.66. The predicted molar refractivity (Wildman–Crippen MR) is 84.0 cm³/mol. The Morgan fingerprint density at radius 2 is 2.26 bits per heavy atom. The maximum Gasteiger partial charge on any atom is 0.185 e. The van der Waals surface area contributed by atoms with Crippen molar-refractivity contribution < 1.29 is 0 Å². The fourth-order valence-corrected chi connectivity index (χ4v) is 3.73. The van der Waals surface area contributed by atoms with Crippen molar-refractivity contribution in [1.29, 1.82) is 0 Å². The van der Waals surface area contributed by atoms with Gasteiger partial charge in [0.2, 0.25) is 0 Å². The van der Waals surface area contributed by atoms with Gasteiger partial charge in [-0.05, 0) is 32.2 Å². The van der Waals surface area contributed by atoms with Crippen LogP contribution in [0.2, 0.25) is 0 Å². The summed E-state index contributed by atoms with van der Waals surface area (Å²) in [7, 11) is 0. The van der Waals surface area contributed by atoms with Gasteiger partial charge in [0.05, 0.1) is 0 Å². The summed E-state index contributed by atoms with van der Waals surface area (Å²) in [5.74, 6) is 0. The SMILES string of the molecule is CCCNCc1cnc(N2CCCCCC2CC)s1. The number of hydrogen-bond donors (Lipinski definition) is 1. The maximum absolute atomic E-state index is 4.66. The fraction of sp³-hybridized carbons (Fsp3) is 0.800. The highest BCUT2D eigenvalue weighted by Gasteiger charge is 2.21. The zero-order valence-corrected chi connectivity index (χ0v) is 13.1. The summed E-state index contributed by atoms with van der Waals surface area (Å²) < 4.78 is 0. The third kappa shape index (κ3) is 4.18. The van der Waals surface area contributed by atoms with Crippen molar-refractivity contribution >= 4 is 16.5 Å². The first-order chi connectivity index (χ1) is 9.35.